The Morgan fingerprint density at radius 3 is 2.33 bits per heavy atom. The Morgan fingerprint density at radius 1 is 1.25 bits per heavy atom. The lowest BCUT2D eigenvalue weighted by Gasteiger charge is -2.17. The van der Waals surface area contributed by atoms with Crippen LogP contribution in [-0.4, -0.2) is 13.1 Å². The van der Waals surface area contributed by atoms with Crippen LogP contribution in [-0.2, 0) is 0 Å². The zero-order chi connectivity index (χ0) is 8.97. The molecule has 0 heterocycles. The van der Waals surface area contributed by atoms with Crippen molar-refractivity contribution in [2.45, 2.75) is 18.3 Å². The maximum atomic E-state index is 6.19. The summed E-state index contributed by atoms with van der Waals surface area (Å²) in [6.07, 6.45) is 0. The van der Waals surface area contributed by atoms with Crippen LogP contribution in [0.25, 0.3) is 0 Å². The van der Waals surface area contributed by atoms with E-state index in [1.54, 1.807) is 0 Å². The number of likely N-dealkylation sites (N-methyl/N-ethyl adjacent to an activating group) is 1. The molecule has 0 amide bonds. The molecular weight excluding hydrogens is 170 g/mol. The Balaban J connectivity index is 2.71. The maximum absolute atomic E-state index is 6.19. The van der Waals surface area contributed by atoms with Gasteiger partial charge in [-0.2, -0.15) is 0 Å². The van der Waals surface area contributed by atoms with Gasteiger partial charge in [0, 0.05) is 6.04 Å². The molecule has 0 unspecified atom stereocenters. The van der Waals surface area contributed by atoms with Crippen LogP contribution in [0.4, 0.5) is 0 Å². The van der Waals surface area contributed by atoms with E-state index in [1.165, 1.54) is 5.56 Å². The third-order valence-electron chi connectivity index (χ3n) is 2.01. The van der Waals surface area contributed by atoms with Crippen molar-refractivity contribution in [3.8, 4) is 0 Å². The molecule has 0 spiro atoms. The van der Waals surface area contributed by atoms with Gasteiger partial charge in [0.25, 0.3) is 0 Å². The molecule has 12 heavy (non-hydrogen) atoms. The Bertz CT molecular complexity index is 223. The summed E-state index contributed by atoms with van der Waals surface area (Å²) in [6, 6.07) is 10.4. The SMILES string of the molecule is CN[C@@H](C)[C@@H](Cl)c1ccccc1. The standard InChI is InChI=1S/C10H14ClN/c1-8(12-2)10(11)9-6-4-3-5-7-9/h3-8,10,12H,1-2H3/t8-,10+/m0/s1. The van der Waals surface area contributed by atoms with Crippen molar-refractivity contribution in [2.75, 3.05) is 7.05 Å². The Kier molecular flexibility index (Phi) is 3.57. The van der Waals surface area contributed by atoms with Crippen LogP contribution in [0.1, 0.15) is 17.9 Å². The van der Waals surface area contributed by atoms with Gasteiger partial charge in [-0.25, -0.2) is 0 Å². The summed E-state index contributed by atoms with van der Waals surface area (Å²) in [6.45, 7) is 2.07. The molecule has 0 aliphatic heterocycles. The zero-order valence-corrected chi connectivity index (χ0v) is 8.18. The van der Waals surface area contributed by atoms with Crippen LogP contribution in [0.15, 0.2) is 30.3 Å². The van der Waals surface area contributed by atoms with Crippen molar-refractivity contribution in [3.05, 3.63) is 35.9 Å². The molecule has 2 heteroatoms. The van der Waals surface area contributed by atoms with E-state index in [2.05, 4.69) is 12.2 Å². The quantitative estimate of drug-likeness (QED) is 0.711. The molecular formula is C10H14ClN. The van der Waals surface area contributed by atoms with Crippen molar-refractivity contribution in [1.82, 2.24) is 5.32 Å². The predicted octanol–water partition coefficient (Wildman–Crippen LogP) is 2.57. The molecule has 0 saturated carbocycles. The first-order valence-corrected chi connectivity index (χ1v) is 4.55. The van der Waals surface area contributed by atoms with Crippen LogP contribution in [0.2, 0.25) is 0 Å². The lowest BCUT2D eigenvalue weighted by molar-refractivity contribution is 0.592. The number of benzene rings is 1. The van der Waals surface area contributed by atoms with Crippen molar-refractivity contribution in [2.24, 2.45) is 0 Å². The monoisotopic (exact) mass is 183 g/mol. The largest absolute Gasteiger partial charge is 0.315 e. The normalized spacial score (nSPS) is 15.6. The second-order valence-corrected chi connectivity index (χ2v) is 3.36. The highest BCUT2D eigenvalue weighted by atomic mass is 35.5. The lowest BCUT2D eigenvalue weighted by atomic mass is 10.1. The smallest absolute Gasteiger partial charge is 0.0735 e. The summed E-state index contributed by atoms with van der Waals surface area (Å²) in [4.78, 5) is 0. The average Bonchev–Trinajstić information content (AvgIpc) is 2.17. The van der Waals surface area contributed by atoms with Crippen LogP contribution in [0.5, 0.6) is 0 Å². The van der Waals surface area contributed by atoms with E-state index in [4.69, 9.17) is 11.6 Å². The molecule has 0 aliphatic rings. The van der Waals surface area contributed by atoms with Gasteiger partial charge in [-0.3, -0.25) is 0 Å². The fourth-order valence-electron chi connectivity index (χ4n) is 1.07. The minimum atomic E-state index is 0.0520. The molecule has 0 saturated heterocycles. The molecule has 1 nitrogen and oxygen atoms in total. The fraction of sp³-hybridized carbons (Fsp3) is 0.400. The minimum Gasteiger partial charge on any atom is -0.315 e. The van der Waals surface area contributed by atoms with Crippen LogP contribution in [0.3, 0.4) is 0 Å². The summed E-state index contributed by atoms with van der Waals surface area (Å²) in [5.41, 5.74) is 1.17. The van der Waals surface area contributed by atoms with E-state index in [1.807, 2.05) is 37.4 Å². The third-order valence-corrected chi connectivity index (χ3v) is 2.64. The Labute approximate surface area is 78.7 Å². The van der Waals surface area contributed by atoms with Gasteiger partial charge in [0.15, 0.2) is 0 Å². The fourth-order valence-corrected chi connectivity index (χ4v) is 1.34. The summed E-state index contributed by atoms with van der Waals surface area (Å²) >= 11 is 6.19. The van der Waals surface area contributed by atoms with Gasteiger partial charge in [0.2, 0.25) is 0 Å². The van der Waals surface area contributed by atoms with Gasteiger partial charge >= 0.3 is 0 Å². The third kappa shape index (κ3) is 2.23. The highest BCUT2D eigenvalue weighted by molar-refractivity contribution is 6.21. The van der Waals surface area contributed by atoms with Crippen LogP contribution < -0.4 is 5.32 Å². The van der Waals surface area contributed by atoms with Gasteiger partial charge in [0.05, 0.1) is 5.38 Å². The molecule has 1 aromatic carbocycles. The van der Waals surface area contributed by atoms with Crippen LogP contribution >= 0.6 is 11.6 Å². The highest BCUT2D eigenvalue weighted by Gasteiger charge is 2.13. The average molecular weight is 184 g/mol. The Morgan fingerprint density at radius 2 is 1.83 bits per heavy atom. The highest BCUT2D eigenvalue weighted by Crippen LogP contribution is 2.23. The number of rotatable bonds is 3. The van der Waals surface area contributed by atoms with Crippen molar-refractivity contribution in [3.63, 3.8) is 0 Å². The molecule has 1 aromatic rings. The first-order valence-electron chi connectivity index (χ1n) is 4.12. The maximum Gasteiger partial charge on any atom is 0.0735 e. The van der Waals surface area contributed by atoms with Gasteiger partial charge in [-0.15, -0.1) is 11.6 Å². The number of hydrogen-bond acceptors (Lipinski definition) is 1. The minimum absolute atomic E-state index is 0.0520. The summed E-state index contributed by atoms with van der Waals surface area (Å²) < 4.78 is 0. The van der Waals surface area contributed by atoms with Crippen LogP contribution in [0, 0.1) is 0 Å². The molecule has 0 aromatic heterocycles. The Hall–Kier alpha value is -0.530. The van der Waals surface area contributed by atoms with E-state index >= 15 is 0 Å². The molecule has 66 valence electrons. The summed E-state index contributed by atoms with van der Waals surface area (Å²) in [7, 11) is 1.92. The number of nitrogens with one attached hydrogen (secondary N) is 1. The van der Waals surface area contributed by atoms with Gasteiger partial charge in [-0.1, -0.05) is 30.3 Å². The summed E-state index contributed by atoms with van der Waals surface area (Å²) in [5.74, 6) is 0. The topological polar surface area (TPSA) is 12.0 Å². The second kappa shape index (κ2) is 4.48. The van der Waals surface area contributed by atoms with Crippen molar-refractivity contribution in [1.29, 1.82) is 0 Å². The molecule has 0 aliphatic carbocycles. The number of alkyl halides is 1. The van der Waals surface area contributed by atoms with Gasteiger partial charge < -0.3 is 5.32 Å². The van der Waals surface area contributed by atoms with E-state index in [-0.39, 0.29) is 5.38 Å². The van der Waals surface area contributed by atoms with E-state index in [0.29, 0.717) is 6.04 Å². The number of hydrogen-bond donors (Lipinski definition) is 1. The van der Waals surface area contributed by atoms with E-state index in [0.717, 1.165) is 0 Å². The lowest BCUT2D eigenvalue weighted by Crippen LogP contribution is -2.25. The van der Waals surface area contributed by atoms with Gasteiger partial charge in [-0.05, 0) is 19.5 Å². The zero-order valence-electron chi connectivity index (χ0n) is 7.42. The predicted molar refractivity (Wildman–Crippen MR) is 53.6 cm³/mol. The van der Waals surface area contributed by atoms with Crippen molar-refractivity contribution < 1.29 is 0 Å². The number of halogens is 1. The molecule has 0 bridgehead atoms. The van der Waals surface area contributed by atoms with E-state index < -0.39 is 0 Å². The van der Waals surface area contributed by atoms with Crippen molar-refractivity contribution >= 4 is 11.6 Å². The second-order valence-electron chi connectivity index (χ2n) is 2.89. The molecule has 0 fully saturated rings. The van der Waals surface area contributed by atoms with Gasteiger partial charge in [0.1, 0.15) is 0 Å². The molecule has 1 N–H and O–H groups in total. The molecule has 2 atom stereocenters. The van der Waals surface area contributed by atoms with E-state index in [9.17, 15) is 0 Å². The first kappa shape index (κ1) is 9.56. The first-order chi connectivity index (χ1) is 5.75. The molecule has 1 rings (SSSR count). The summed E-state index contributed by atoms with van der Waals surface area (Å²) in [5, 5.41) is 3.18. The molecule has 0 radical (unpaired) electrons.